The van der Waals surface area contributed by atoms with Gasteiger partial charge in [0.05, 0.1) is 18.4 Å². The summed E-state index contributed by atoms with van der Waals surface area (Å²) in [7, 11) is 0. The molecule has 0 N–H and O–H groups in total. The van der Waals surface area contributed by atoms with Gasteiger partial charge in [0.15, 0.2) is 5.65 Å². The van der Waals surface area contributed by atoms with Gasteiger partial charge < -0.3 is 14.2 Å². The van der Waals surface area contributed by atoms with Crippen molar-refractivity contribution in [2.75, 3.05) is 39.4 Å². The zero-order chi connectivity index (χ0) is 20.3. The van der Waals surface area contributed by atoms with Crippen LogP contribution in [0.5, 0.6) is 0 Å². The van der Waals surface area contributed by atoms with E-state index in [0.29, 0.717) is 18.2 Å². The van der Waals surface area contributed by atoms with Crippen LogP contribution in [0.3, 0.4) is 0 Å². The van der Waals surface area contributed by atoms with Crippen molar-refractivity contribution in [3.63, 3.8) is 0 Å². The lowest BCUT2D eigenvalue weighted by Gasteiger charge is -2.40. The molecular formula is C22H26N6O2. The molecule has 2 aliphatic heterocycles. The largest absolute Gasteiger partial charge is 0.381 e. The molecule has 0 atom stereocenters. The number of carbonyl (C=O) groups excluding carboxylic acids is 1. The van der Waals surface area contributed by atoms with E-state index in [2.05, 4.69) is 19.9 Å². The summed E-state index contributed by atoms with van der Waals surface area (Å²) in [5.74, 6) is 0.0397. The van der Waals surface area contributed by atoms with Gasteiger partial charge in [0.25, 0.3) is 5.91 Å². The van der Waals surface area contributed by atoms with Gasteiger partial charge in [0.2, 0.25) is 0 Å². The van der Waals surface area contributed by atoms with E-state index >= 15 is 0 Å². The Hall–Kier alpha value is -2.84. The van der Waals surface area contributed by atoms with E-state index < -0.39 is 0 Å². The molecule has 0 unspecified atom stereocenters. The molecule has 3 aromatic heterocycles. The number of amides is 1. The fourth-order valence-corrected chi connectivity index (χ4v) is 4.39. The summed E-state index contributed by atoms with van der Waals surface area (Å²) in [4.78, 5) is 30.6. The molecule has 0 aromatic carbocycles. The first-order chi connectivity index (χ1) is 14.8. The molecule has 2 aliphatic rings. The number of carbonyl (C=O) groups is 1. The molecule has 30 heavy (non-hydrogen) atoms. The number of aromatic nitrogens is 4. The van der Waals surface area contributed by atoms with Gasteiger partial charge in [-0.05, 0) is 30.5 Å². The number of hydrogen-bond donors (Lipinski definition) is 0. The van der Waals surface area contributed by atoms with Crippen LogP contribution in [0.15, 0.2) is 43.1 Å². The topological polar surface area (TPSA) is 76.4 Å². The van der Waals surface area contributed by atoms with Crippen molar-refractivity contribution in [1.29, 1.82) is 0 Å². The molecule has 0 aliphatic carbocycles. The lowest BCUT2D eigenvalue weighted by molar-refractivity contribution is 0.0137. The minimum Gasteiger partial charge on any atom is -0.381 e. The molecule has 0 spiro atoms. The predicted molar refractivity (Wildman–Crippen MR) is 112 cm³/mol. The van der Waals surface area contributed by atoms with Gasteiger partial charge in [-0.2, -0.15) is 0 Å². The molecule has 5 heterocycles. The molecule has 0 bridgehead atoms. The fraction of sp³-hybridized carbons (Fsp3) is 0.455. The smallest absolute Gasteiger partial charge is 0.255 e. The van der Waals surface area contributed by atoms with Crippen LogP contribution >= 0.6 is 0 Å². The van der Waals surface area contributed by atoms with Crippen LogP contribution in [-0.4, -0.2) is 80.7 Å². The van der Waals surface area contributed by atoms with Crippen LogP contribution in [0, 0.1) is 0 Å². The Morgan fingerprint density at radius 2 is 1.93 bits per heavy atom. The van der Waals surface area contributed by atoms with E-state index in [4.69, 9.17) is 4.74 Å². The third kappa shape index (κ3) is 3.93. The molecule has 0 saturated carbocycles. The summed E-state index contributed by atoms with van der Waals surface area (Å²) in [5.41, 5.74) is 3.21. The maximum Gasteiger partial charge on any atom is 0.255 e. The molecule has 0 radical (unpaired) electrons. The van der Waals surface area contributed by atoms with Crippen molar-refractivity contribution in [3.8, 4) is 0 Å². The molecule has 5 rings (SSSR count). The quantitative estimate of drug-likeness (QED) is 0.658. The van der Waals surface area contributed by atoms with E-state index in [0.717, 1.165) is 69.0 Å². The third-order valence-electron chi connectivity index (χ3n) is 6.09. The number of piperazine rings is 1. The average Bonchev–Trinajstić information content (AvgIpc) is 3.22. The van der Waals surface area contributed by atoms with Crippen molar-refractivity contribution in [3.05, 3.63) is 54.2 Å². The molecule has 2 saturated heterocycles. The Morgan fingerprint density at radius 1 is 1.10 bits per heavy atom. The number of pyridine rings is 2. The van der Waals surface area contributed by atoms with Gasteiger partial charge in [-0.1, -0.05) is 6.07 Å². The van der Waals surface area contributed by atoms with E-state index in [9.17, 15) is 4.79 Å². The van der Waals surface area contributed by atoms with Crippen molar-refractivity contribution in [1.82, 2.24) is 29.3 Å². The zero-order valence-electron chi connectivity index (χ0n) is 17.0. The van der Waals surface area contributed by atoms with E-state index in [1.807, 2.05) is 33.9 Å². The van der Waals surface area contributed by atoms with Crippen molar-refractivity contribution in [2.24, 2.45) is 0 Å². The van der Waals surface area contributed by atoms with Crippen LogP contribution in [0.25, 0.3) is 11.2 Å². The Labute approximate surface area is 175 Å². The second-order valence-corrected chi connectivity index (χ2v) is 7.97. The molecular weight excluding hydrogens is 380 g/mol. The lowest BCUT2D eigenvalue weighted by atomic mass is 10.1. The monoisotopic (exact) mass is 406 g/mol. The Morgan fingerprint density at radius 3 is 2.70 bits per heavy atom. The maximum atomic E-state index is 13.0. The van der Waals surface area contributed by atoms with Crippen molar-refractivity contribution in [2.45, 2.75) is 25.4 Å². The van der Waals surface area contributed by atoms with Crippen molar-refractivity contribution < 1.29 is 9.53 Å². The number of ether oxygens (including phenoxy) is 1. The minimum atomic E-state index is 0.0397. The summed E-state index contributed by atoms with van der Waals surface area (Å²) in [6, 6.07) is 6.39. The van der Waals surface area contributed by atoms with Crippen LogP contribution in [0.4, 0.5) is 0 Å². The van der Waals surface area contributed by atoms with Gasteiger partial charge in [-0.3, -0.25) is 14.7 Å². The maximum absolute atomic E-state index is 13.0. The molecule has 8 heteroatoms. The van der Waals surface area contributed by atoms with E-state index in [-0.39, 0.29) is 5.91 Å². The first kappa shape index (κ1) is 19.1. The molecule has 8 nitrogen and oxygen atoms in total. The van der Waals surface area contributed by atoms with Gasteiger partial charge in [-0.25, -0.2) is 9.97 Å². The number of hydrogen-bond acceptors (Lipinski definition) is 6. The summed E-state index contributed by atoms with van der Waals surface area (Å²) in [6.07, 6.45) is 9.23. The van der Waals surface area contributed by atoms with Crippen LogP contribution in [0.1, 0.15) is 28.8 Å². The molecule has 3 aromatic rings. The number of fused-ring (bicyclic) bond motifs is 1. The number of rotatable bonds is 4. The fourth-order valence-electron chi connectivity index (χ4n) is 4.39. The Kier molecular flexibility index (Phi) is 5.42. The second-order valence-electron chi connectivity index (χ2n) is 7.97. The first-order valence-electron chi connectivity index (χ1n) is 10.6. The Bertz CT molecular complexity index is 1010. The zero-order valence-corrected chi connectivity index (χ0v) is 17.0. The average molecular weight is 406 g/mol. The van der Waals surface area contributed by atoms with Crippen LogP contribution in [-0.2, 0) is 11.3 Å². The van der Waals surface area contributed by atoms with Gasteiger partial charge in [-0.15, -0.1) is 0 Å². The van der Waals surface area contributed by atoms with Gasteiger partial charge in [0, 0.05) is 64.0 Å². The SMILES string of the molecule is O=C(c1cnc2c(c1)ncn2Cc1cccnc1)N1CCN(C2CCOCC2)CC1. The summed E-state index contributed by atoms with van der Waals surface area (Å²) < 4.78 is 7.45. The minimum absolute atomic E-state index is 0.0397. The van der Waals surface area contributed by atoms with Gasteiger partial charge in [0.1, 0.15) is 5.52 Å². The van der Waals surface area contributed by atoms with Crippen LogP contribution < -0.4 is 0 Å². The highest BCUT2D eigenvalue weighted by molar-refractivity contribution is 5.96. The van der Waals surface area contributed by atoms with Crippen molar-refractivity contribution >= 4 is 17.1 Å². The molecule has 1 amide bonds. The summed E-state index contributed by atoms with van der Waals surface area (Å²) in [5, 5.41) is 0. The number of imidazole rings is 1. The highest BCUT2D eigenvalue weighted by Crippen LogP contribution is 2.19. The predicted octanol–water partition coefficient (Wildman–Crippen LogP) is 1.81. The summed E-state index contributed by atoms with van der Waals surface area (Å²) >= 11 is 0. The normalized spacial score (nSPS) is 18.7. The van der Waals surface area contributed by atoms with E-state index in [1.54, 1.807) is 18.7 Å². The lowest BCUT2D eigenvalue weighted by Crippen LogP contribution is -2.53. The first-order valence-corrected chi connectivity index (χ1v) is 10.6. The van der Waals surface area contributed by atoms with E-state index in [1.165, 1.54) is 0 Å². The summed E-state index contributed by atoms with van der Waals surface area (Å²) in [6.45, 7) is 5.70. The van der Waals surface area contributed by atoms with Gasteiger partial charge >= 0.3 is 0 Å². The molecule has 2 fully saturated rings. The molecule has 156 valence electrons. The standard InChI is InChI=1S/C22H26N6O2/c29-22(27-8-6-26(7-9-27)19-3-10-30-11-4-19)18-12-20-21(24-14-18)28(16-25-20)15-17-2-1-5-23-13-17/h1-2,5,12-14,16,19H,3-4,6-11,15H2. The highest BCUT2D eigenvalue weighted by Gasteiger charge is 2.28. The van der Waals surface area contributed by atoms with Crippen LogP contribution in [0.2, 0.25) is 0 Å². The Balaban J connectivity index is 1.25. The second kappa shape index (κ2) is 8.49. The third-order valence-corrected chi connectivity index (χ3v) is 6.09. The highest BCUT2D eigenvalue weighted by atomic mass is 16.5. The number of nitrogens with zero attached hydrogens (tertiary/aromatic N) is 6.